The summed E-state index contributed by atoms with van der Waals surface area (Å²) in [5.41, 5.74) is 3.15. The second-order valence-corrected chi connectivity index (χ2v) is 7.34. The van der Waals surface area contributed by atoms with Crippen molar-refractivity contribution in [3.8, 4) is 0 Å². The van der Waals surface area contributed by atoms with E-state index in [9.17, 15) is 0 Å². The zero-order chi connectivity index (χ0) is 15.5. The molecule has 0 amide bonds. The van der Waals surface area contributed by atoms with Crippen molar-refractivity contribution in [3.05, 3.63) is 29.8 Å². The Morgan fingerprint density at radius 1 is 1.29 bits per heavy atom. The topological polar surface area (TPSA) is 15.3 Å². The number of para-hydroxylation sites is 1. The molecule has 118 valence electrons. The summed E-state index contributed by atoms with van der Waals surface area (Å²) in [6, 6.07) is 9.34. The molecule has 2 heteroatoms. The molecule has 0 radical (unpaired) electrons. The van der Waals surface area contributed by atoms with E-state index in [-0.39, 0.29) is 0 Å². The number of anilines is 1. The Bertz CT molecular complexity index is 453. The van der Waals surface area contributed by atoms with Gasteiger partial charge in [-0.15, -0.1) is 0 Å². The molecule has 2 rings (SSSR count). The first-order valence-electron chi connectivity index (χ1n) is 8.46. The van der Waals surface area contributed by atoms with E-state index in [1.165, 1.54) is 30.5 Å². The van der Waals surface area contributed by atoms with E-state index in [0.29, 0.717) is 11.5 Å². The van der Waals surface area contributed by atoms with Gasteiger partial charge in [-0.2, -0.15) is 0 Å². The van der Waals surface area contributed by atoms with Crippen LogP contribution in [0, 0.1) is 18.3 Å². The molecule has 0 heterocycles. The van der Waals surface area contributed by atoms with Crippen LogP contribution in [0.5, 0.6) is 0 Å². The number of rotatable bonds is 5. The summed E-state index contributed by atoms with van der Waals surface area (Å²) in [6.07, 6.45) is 4.05. The minimum Gasteiger partial charge on any atom is -0.374 e. The van der Waals surface area contributed by atoms with Crippen molar-refractivity contribution in [2.45, 2.75) is 53.0 Å². The van der Waals surface area contributed by atoms with Crippen molar-refractivity contribution in [1.82, 2.24) is 5.32 Å². The molecule has 0 saturated heterocycles. The second kappa shape index (κ2) is 6.83. The van der Waals surface area contributed by atoms with E-state index in [4.69, 9.17) is 0 Å². The molecule has 0 aromatic heterocycles. The van der Waals surface area contributed by atoms with Gasteiger partial charge in [0.1, 0.15) is 0 Å². The quantitative estimate of drug-likeness (QED) is 0.872. The predicted molar refractivity (Wildman–Crippen MR) is 93.0 cm³/mol. The molecule has 2 nitrogen and oxygen atoms in total. The van der Waals surface area contributed by atoms with E-state index in [1.807, 2.05) is 0 Å². The number of nitrogens with zero attached hydrogens (tertiary/aromatic N) is 1. The van der Waals surface area contributed by atoms with Gasteiger partial charge >= 0.3 is 0 Å². The fourth-order valence-electron chi connectivity index (χ4n) is 4.08. The predicted octanol–water partition coefficient (Wildman–Crippen LogP) is 4.24. The number of benzene rings is 1. The van der Waals surface area contributed by atoms with Crippen LogP contribution in [0.1, 0.15) is 45.6 Å². The lowest BCUT2D eigenvalue weighted by molar-refractivity contribution is 0.113. The molecule has 21 heavy (non-hydrogen) atoms. The molecule has 1 aliphatic carbocycles. The third-order valence-corrected chi connectivity index (χ3v) is 5.17. The van der Waals surface area contributed by atoms with Gasteiger partial charge in [0, 0.05) is 25.3 Å². The molecule has 0 aliphatic heterocycles. The second-order valence-electron chi connectivity index (χ2n) is 7.34. The van der Waals surface area contributed by atoms with Gasteiger partial charge < -0.3 is 10.2 Å². The molecule has 1 saturated carbocycles. The normalized spacial score (nSPS) is 24.8. The maximum Gasteiger partial charge on any atom is 0.0393 e. The van der Waals surface area contributed by atoms with Crippen LogP contribution in [-0.2, 0) is 0 Å². The number of hydrogen-bond donors (Lipinski definition) is 1. The summed E-state index contributed by atoms with van der Waals surface area (Å²) in [7, 11) is 2.24. The van der Waals surface area contributed by atoms with Crippen molar-refractivity contribution in [2.24, 2.45) is 11.3 Å². The highest BCUT2D eigenvalue weighted by molar-refractivity contribution is 5.52. The van der Waals surface area contributed by atoms with Crippen molar-refractivity contribution >= 4 is 5.69 Å². The van der Waals surface area contributed by atoms with Gasteiger partial charge in [0.2, 0.25) is 0 Å². The minimum absolute atomic E-state index is 0.408. The molecule has 2 unspecified atom stereocenters. The monoisotopic (exact) mass is 288 g/mol. The lowest BCUT2D eigenvalue weighted by Crippen LogP contribution is -2.52. The SMILES string of the molecule is CCNC1C(CN(C)c2ccccc2C)CCCC1(C)C. The fraction of sp³-hybridized carbons (Fsp3) is 0.684. The third kappa shape index (κ3) is 3.79. The van der Waals surface area contributed by atoms with Gasteiger partial charge in [0.25, 0.3) is 0 Å². The number of hydrogen-bond acceptors (Lipinski definition) is 2. The van der Waals surface area contributed by atoms with E-state index in [1.54, 1.807) is 0 Å². The number of nitrogens with one attached hydrogen (secondary N) is 1. The maximum atomic E-state index is 3.77. The summed E-state index contributed by atoms with van der Waals surface area (Å²) < 4.78 is 0. The Labute approximate surface area is 130 Å². The third-order valence-electron chi connectivity index (χ3n) is 5.17. The zero-order valence-corrected chi connectivity index (χ0v) is 14.4. The Hall–Kier alpha value is -1.02. The van der Waals surface area contributed by atoms with Crippen molar-refractivity contribution in [2.75, 3.05) is 25.0 Å². The molecule has 0 bridgehead atoms. The summed E-state index contributed by atoms with van der Waals surface area (Å²) >= 11 is 0. The van der Waals surface area contributed by atoms with Crippen molar-refractivity contribution in [1.29, 1.82) is 0 Å². The van der Waals surface area contributed by atoms with E-state index >= 15 is 0 Å². The van der Waals surface area contributed by atoms with Gasteiger partial charge in [-0.05, 0) is 49.3 Å². The maximum absolute atomic E-state index is 3.77. The Morgan fingerprint density at radius 3 is 2.67 bits per heavy atom. The van der Waals surface area contributed by atoms with Crippen LogP contribution in [0.3, 0.4) is 0 Å². The first kappa shape index (κ1) is 16.4. The van der Waals surface area contributed by atoms with Gasteiger partial charge in [-0.3, -0.25) is 0 Å². The molecule has 1 aromatic carbocycles. The average Bonchev–Trinajstić information content (AvgIpc) is 2.43. The fourth-order valence-corrected chi connectivity index (χ4v) is 4.08. The largest absolute Gasteiger partial charge is 0.374 e. The van der Waals surface area contributed by atoms with Crippen LogP contribution < -0.4 is 10.2 Å². The van der Waals surface area contributed by atoms with E-state index < -0.39 is 0 Å². The molecule has 2 atom stereocenters. The van der Waals surface area contributed by atoms with Gasteiger partial charge in [0.15, 0.2) is 0 Å². The molecule has 0 spiro atoms. The molecular weight excluding hydrogens is 256 g/mol. The first-order valence-corrected chi connectivity index (χ1v) is 8.46. The van der Waals surface area contributed by atoms with Crippen molar-refractivity contribution < 1.29 is 0 Å². The van der Waals surface area contributed by atoms with Crippen LogP contribution >= 0.6 is 0 Å². The van der Waals surface area contributed by atoms with Crippen LogP contribution in [0.15, 0.2) is 24.3 Å². The van der Waals surface area contributed by atoms with Crippen molar-refractivity contribution in [3.63, 3.8) is 0 Å². The first-order chi connectivity index (χ1) is 9.95. The van der Waals surface area contributed by atoms with E-state index in [2.05, 4.69) is 69.2 Å². The standard InChI is InChI=1S/C19H32N2/c1-6-20-18-16(11-9-13-19(18,3)4)14-21(5)17-12-8-7-10-15(17)2/h7-8,10,12,16,18,20H,6,9,11,13-14H2,1-5H3. The molecular formula is C19H32N2. The summed E-state index contributed by atoms with van der Waals surface area (Å²) in [6.45, 7) is 11.5. The summed E-state index contributed by atoms with van der Waals surface area (Å²) in [4.78, 5) is 2.45. The average molecular weight is 288 g/mol. The zero-order valence-electron chi connectivity index (χ0n) is 14.4. The molecule has 1 N–H and O–H groups in total. The molecule has 1 aromatic rings. The lowest BCUT2D eigenvalue weighted by atomic mass is 9.67. The highest BCUT2D eigenvalue weighted by Crippen LogP contribution is 2.39. The highest BCUT2D eigenvalue weighted by atomic mass is 15.1. The van der Waals surface area contributed by atoms with Gasteiger partial charge in [0.05, 0.1) is 0 Å². The highest BCUT2D eigenvalue weighted by Gasteiger charge is 2.38. The van der Waals surface area contributed by atoms with Crippen LogP contribution in [0.2, 0.25) is 0 Å². The van der Waals surface area contributed by atoms with Crippen LogP contribution in [0.25, 0.3) is 0 Å². The summed E-state index contributed by atoms with van der Waals surface area (Å²) in [5, 5.41) is 3.77. The van der Waals surface area contributed by atoms with Crippen LogP contribution in [0.4, 0.5) is 5.69 Å². The summed E-state index contributed by atoms with van der Waals surface area (Å²) in [5.74, 6) is 0.735. The Kier molecular flexibility index (Phi) is 5.32. The lowest BCUT2D eigenvalue weighted by Gasteiger charge is -2.46. The minimum atomic E-state index is 0.408. The smallest absolute Gasteiger partial charge is 0.0393 e. The van der Waals surface area contributed by atoms with Gasteiger partial charge in [-0.1, -0.05) is 45.4 Å². The van der Waals surface area contributed by atoms with Crippen LogP contribution in [-0.4, -0.2) is 26.2 Å². The Balaban J connectivity index is 2.11. The number of aryl methyl sites for hydroxylation is 1. The molecule has 1 fully saturated rings. The van der Waals surface area contributed by atoms with Gasteiger partial charge in [-0.25, -0.2) is 0 Å². The Morgan fingerprint density at radius 2 is 2.00 bits per heavy atom. The molecule has 1 aliphatic rings. The van der Waals surface area contributed by atoms with E-state index in [0.717, 1.165) is 19.0 Å².